The van der Waals surface area contributed by atoms with Crippen molar-refractivity contribution in [2.45, 2.75) is 27.2 Å². The zero-order valence-corrected chi connectivity index (χ0v) is 11.6. The molecule has 0 aliphatic carbocycles. The monoisotopic (exact) mass is 256 g/mol. The van der Waals surface area contributed by atoms with Crippen molar-refractivity contribution in [3.8, 4) is 0 Å². The Balaban J connectivity index is 2.41. The van der Waals surface area contributed by atoms with Crippen LogP contribution in [0.2, 0.25) is 0 Å². The number of esters is 1. The highest BCUT2D eigenvalue weighted by Gasteiger charge is 2.22. The van der Waals surface area contributed by atoms with Gasteiger partial charge >= 0.3 is 5.97 Å². The lowest BCUT2D eigenvalue weighted by molar-refractivity contribution is -0.144. The molecule has 0 saturated carbocycles. The number of rotatable bonds is 4. The molecule has 5 nitrogen and oxygen atoms in total. The van der Waals surface area contributed by atoms with Crippen LogP contribution in [0, 0.1) is 5.92 Å². The van der Waals surface area contributed by atoms with Crippen molar-refractivity contribution in [1.29, 1.82) is 0 Å². The molecule has 0 aromatic heterocycles. The Kier molecular flexibility index (Phi) is 6.12. The van der Waals surface area contributed by atoms with E-state index in [1.165, 1.54) is 0 Å². The van der Waals surface area contributed by atoms with E-state index < -0.39 is 0 Å². The number of nitrogens with zero attached hydrogens (tertiary/aromatic N) is 2. The number of hydrogen-bond acceptors (Lipinski definition) is 4. The van der Waals surface area contributed by atoms with E-state index in [0.717, 1.165) is 26.1 Å². The summed E-state index contributed by atoms with van der Waals surface area (Å²) in [5.74, 6) is 0.0655. The molecule has 5 heteroatoms. The minimum Gasteiger partial charge on any atom is -0.465 e. The molecule has 1 saturated heterocycles. The lowest BCUT2D eigenvalue weighted by atomic mass is 10.2. The molecule has 0 spiro atoms. The highest BCUT2D eigenvalue weighted by atomic mass is 16.5. The average molecular weight is 256 g/mol. The molecular formula is C13H24N2O3. The minimum absolute atomic E-state index is 0.0432. The molecule has 1 aliphatic rings. The first-order valence-electron chi connectivity index (χ1n) is 6.71. The van der Waals surface area contributed by atoms with E-state index >= 15 is 0 Å². The van der Waals surface area contributed by atoms with Crippen molar-refractivity contribution in [1.82, 2.24) is 9.80 Å². The normalized spacial score (nSPS) is 17.7. The predicted molar refractivity (Wildman–Crippen MR) is 69.1 cm³/mol. The van der Waals surface area contributed by atoms with Crippen molar-refractivity contribution in [2.75, 3.05) is 39.3 Å². The molecule has 1 amide bonds. The maximum absolute atomic E-state index is 11.9. The summed E-state index contributed by atoms with van der Waals surface area (Å²) in [5, 5.41) is 0. The summed E-state index contributed by atoms with van der Waals surface area (Å²) in [6.07, 6.45) is 0.915. The summed E-state index contributed by atoms with van der Waals surface area (Å²) in [6.45, 7) is 9.49. The molecule has 0 radical (unpaired) electrons. The third-order valence-corrected chi connectivity index (χ3v) is 3.05. The van der Waals surface area contributed by atoms with E-state index in [4.69, 9.17) is 4.74 Å². The van der Waals surface area contributed by atoms with E-state index in [1.54, 1.807) is 0 Å². The van der Waals surface area contributed by atoms with Crippen LogP contribution in [0.25, 0.3) is 0 Å². The first-order valence-corrected chi connectivity index (χ1v) is 6.71. The minimum atomic E-state index is -0.180. The number of amides is 1. The number of hydrogen-bond donors (Lipinski definition) is 0. The van der Waals surface area contributed by atoms with Crippen molar-refractivity contribution in [2.24, 2.45) is 5.92 Å². The second-order valence-corrected chi connectivity index (χ2v) is 4.91. The second-order valence-electron chi connectivity index (χ2n) is 4.91. The smallest absolute Gasteiger partial charge is 0.320 e. The Morgan fingerprint density at radius 3 is 2.50 bits per heavy atom. The Morgan fingerprint density at radius 1 is 1.17 bits per heavy atom. The highest BCUT2D eigenvalue weighted by molar-refractivity contribution is 5.78. The van der Waals surface area contributed by atoms with Gasteiger partial charge in [-0.15, -0.1) is 0 Å². The van der Waals surface area contributed by atoms with Gasteiger partial charge in [0.15, 0.2) is 0 Å². The van der Waals surface area contributed by atoms with Crippen molar-refractivity contribution < 1.29 is 14.3 Å². The van der Waals surface area contributed by atoms with Crippen LogP contribution in [0.3, 0.4) is 0 Å². The molecular weight excluding hydrogens is 232 g/mol. The number of carbonyl (C=O) groups excluding carboxylic acids is 2. The Hall–Kier alpha value is -1.10. The predicted octanol–water partition coefficient (Wildman–Crippen LogP) is 0.740. The largest absolute Gasteiger partial charge is 0.465 e. The SMILES string of the molecule is CCOC(=O)CN1CCCN(C(=O)C(C)C)CC1. The molecule has 0 aromatic rings. The van der Waals surface area contributed by atoms with E-state index in [2.05, 4.69) is 4.90 Å². The van der Waals surface area contributed by atoms with Crippen LogP contribution in [0.4, 0.5) is 0 Å². The standard InChI is InChI=1S/C13H24N2O3/c1-4-18-12(16)10-14-6-5-7-15(9-8-14)13(17)11(2)3/h11H,4-10H2,1-3H3. The molecule has 18 heavy (non-hydrogen) atoms. The maximum Gasteiger partial charge on any atom is 0.320 e. The summed E-state index contributed by atoms with van der Waals surface area (Å²) in [4.78, 5) is 27.3. The topological polar surface area (TPSA) is 49.9 Å². The van der Waals surface area contributed by atoms with Gasteiger partial charge in [-0.05, 0) is 13.3 Å². The molecule has 0 atom stereocenters. The van der Waals surface area contributed by atoms with E-state index in [-0.39, 0.29) is 17.8 Å². The fraction of sp³-hybridized carbons (Fsp3) is 0.846. The van der Waals surface area contributed by atoms with Crippen LogP contribution in [-0.4, -0.2) is 61.0 Å². The maximum atomic E-state index is 11.9. The summed E-state index contributed by atoms with van der Waals surface area (Å²) in [5.41, 5.74) is 0. The van der Waals surface area contributed by atoms with Gasteiger partial charge < -0.3 is 9.64 Å². The lowest BCUT2D eigenvalue weighted by Crippen LogP contribution is -2.38. The summed E-state index contributed by atoms with van der Waals surface area (Å²) < 4.78 is 4.94. The van der Waals surface area contributed by atoms with E-state index in [1.807, 2.05) is 25.7 Å². The summed E-state index contributed by atoms with van der Waals surface area (Å²) in [7, 11) is 0. The molecule has 0 N–H and O–H groups in total. The van der Waals surface area contributed by atoms with Gasteiger partial charge in [-0.2, -0.15) is 0 Å². The molecule has 0 unspecified atom stereocenters. The van der Waals surface area contributed by atoms with Crippen LogP contribution in [0.15, 0.2) is 0 Å². The molecule has 1 fully saturated rings. The Labute approximate surface area is 109 Å². The zero-order chi connectivity index (χ0) is 13.5. The molecule has 104 valence electrons. The molecule has 1 aliphatic heterocycles. The second kappa shape index (κ2) is 7.36. The van der Waals surface area contributed by atoms with Gasteiger partial charge in [-0.1, -0.05) is 13.8 Å². The van der Waals surface area contributed by atoms with Crippen LogP contribution < -0.4 is 0 Å². The third-order valence-electron chi connectivity index (χ3n) is 3.05. The van der Waals surface area contributed by atoms with Gasteiger partial charge in [0.05, 0.1) is 13.2 Å². The summed E-state index contributed by atoms with van der Waals surface area (Å²) >= 11 is 0. The van der Waals surface area contributed by atoms with Crippen LogP contribution in [0.1, 0.15) is 27.2 Å². The Bertz CT molecular complexity index is 292. The molecule has 1 heterocycles. The van der Waals surface area contributed by atoms with E-state index in [0.29, 0.717) is 19.7 Å². The number of ether oxygens (including phenoxy) is 1. The van der Waals surface area contributed by atoms with Crippen LogP contribution in [0.5, 0.6) is 0 Å². The fourth-order valence-corrected chi connectivity index (χ4v) is 2.10. The average Bonchev–Trinajstić information content (AvgIpc) is 2.54. The Morgan fingerprint density at radius 2 is 1.89 bits per heavy atom. The van der Waals surface area contributed by atoms with Crippen LogP contribution in [-0.2, 0) is 14.3 Å². The van der Waals surface area contributed by atoms with Crippen LogP contribution >= 0.6 is 0 Å². The highest BCUT2D eigenvalue weighted by Crippen LogP contribution is 2.07. The van der Waals surface area contributed by atoms with Crippen molar-refractivity contribution in [3.05, 3.63) is 0 Å². The quantitative estimate of drug-likeness (QED) is 0.696. The fourth-order valence-electron chi connectivity index (χ4n) is 2.10. The third kappa shape index (κ3) is 4.64. The zero-order valence-electron chi connectivity index (χ0n) is 11.6. The lowest BCUT2D eigenvalue weighted by Gasteiger charge is -2.23. The van der Waals surface area contributed by atoms with Gasteiger partial charge in [-0.25, -0.2) is 0 Å². The molecule has 0 bridgehead atoms. The van der Waals surface area contributed by atoms with Gasteiger partial charge in [0.25, 0.3) is 0 Å². The molecule has 0 aromatic carbocycles. The first-order chi connectivity index (χ1) is 8.54. The first kappa shape index (κ1) is 15.0. The van der Waals surface area contributed by atoms with Gasteiger partial charge in [-0.3, -0.25) is 14.5 Å². The van der Waals surface area contributed by atoms with Gasteiger partial charge in [0.2, 0.25) is 5.91 Å². The van der Waals surface area contributed by atoms with Gasteiger partial charge in [0.1, 0.15) is 0 Å². The van der Waals surface area contributed by atoms with Crippen molar-refractivity contribution >= 4 is 11.9 Å². The molecule has 1 rings (SSSR count). The van der Waals surface area contributed by atoms with Crippen molar-refractivity contribution in [3.63, 3.8) is 0 Å². The van der Waals surface area contributed by atoms with E-state index in [9.17, 15) is 9.59 Å². The number of carbonyl (C=O) groups is 2. The summed E-state index contributed by atoms with van der Waals surface area (Å²) in [6, 6.07) is 0. The van der Waals surface area contributed by atoms with Gasteiger partial charge in [0, 0.05) is 32.1 Å².